The van der Waals surface area contributed by atoms with Crippen LogP contribution in [-0.2, 0) is 4.79 Å². The molecule has 0 bridgehead atoms. The Morgan fingerprint density at radius 2 is 1.79 bits per heavy atom. The van der Waals surface area contributed by atoms with Gasteiger partial charge in [-0.1, -0.05) is 23.7 Å². The van der Waals surface area contributed by atoms with Gasteiger partial charge in [0.05, 0.1) is 11.5 Å². The molecule has 28 heavy (non-hydrogen) atoms. The Balaban J connectivity index is 1.55. The third-order valence-electron chi connectivity index (χ3n) is 7.09. The molecule has 2 atom stereocenters. The molecular formula is C23H33ClN2O2. The molecule has 5 heteroatoms. The van der Waals surface area contributed by atoms with Crippen LogP contribution < -0.4 is 0 Å². The topological polar surface area (TPSA) is 43.8 Å². The third-order valence-corrected chi connectivity index (χ3v) is 7.34. The van der Waals surface area contributed by atoms with Crippen LogP contribution in [0.1, 0.15) is 63.0 Å². The fourth-order valence-corrected chi connectivity index (χ4v) is 5.25. The van der Waals surface area contributed by atoms with Crippen molar-refractivity contribution in [3.8, 4) is 0 Å². The highest BCUT2D eigenvalue weighted by Crippen LogP contribution is 2.47. The Hall–Kier alpha value is -1.10. The van der Waals surface area contributed by atoms with Crippen molar-refractivity contribution in [1.82, 2.24) is 9.80 Å². The molecule has 3 aliphatic rings. The standard InChI is InChI=1S/C23H33ClN2O2/c24-20-7-5-19(6-8-20)21-9-10-23(12-16-27,11-15-25-13-1-2-14-25)22(28)26(21)17-18-3-4-18/h5-8,18,21,27H,1-4,9-17H2. The number of nitrogens with zero attached hydrogens (tertiary/aromatic N) is 2. The number of aliphatic hydroxyl groups is 1. The molecule has 1 saturated carbocycles. The van der Waals surface area contributed by atoms with E-state index in [1.165, 1.54) is 31.2 Å². The van der Waals surface area contributed by atoms with Crippen LogP contribution in [0.5, 0.6) is 0 Å². The van der Waals surface area contributed by atoms with Gasteiger partial charge in [0.15, 0.2) is 0 Å². The zero-order valence-corrected chi connectivity index (χ0v) is 17.5. The number of benzene rings is 1. The van der Waals surface area contributed by atoms with Gasteiger partial charge in [0.25, 0.3) is 0 Å². The highest BCUT2D eigenvalue weighted by molar-refractivity contribution is 6.30. The molecule has 1 aliphatic carbocycles. The summed E-state index contributed by atoms with van der Waals surface area (Å²) < 4.78 is 0. The van der Waals surface area contributed by atoms with E-state index in [-0.39, 0.29) is 18.6 Å². The fraction of sp³-hybridized carbons (Fsp3) is 0.696. The van der Waals surface area contributed by atoms with Crippen molar-refractivity contribution in [3.63, 3.8) is 0 Å². The predicted octanol–water partition coefficient (Wildman–Crippen LogP) is 4.27. The normalized spacial score (nSPS) is 28.9. The predicted molar refractivity (Wildman–Crippen MR) is 112 cm³/mol. The lowest BCUT2D eigenvalue weighted by Gasteiger charge is -2.47. The number of carbonyl (C=O) groups is 1. The summed E-state index contributed by atoms with van der Waals surface area (Å²) in [5.41, 5.74) is 0.797. The van der Waals surface area contributed by atoms with Gasteiger partial charge in [-0.2, -0.15) is 0 Å². The molecule has 2 saturated heterocycles. The molecule has 1 N–H and O–H groups in total. The zero-order chi connectivity index (χ0) is 19.6. The van der Waals surface area contributed by atoms with Crippen molar-refractivity contribution >= 4 is 17.5 Å². The summed E-state index contributed by atoms with van der Waals surface area (Å²) in [6, 6.07) is 8.15. The third kappa shape index (κ3) is 4.39. The SMILES string of the molecule is O=C1N(CC2CC2)C(c2ccc(Cl)cc2)CCC1(CCO)CCN1CCCC1. The molecule has 2 unspecified atom stereocenters. The van der Waals surface area contributed by atoms with E-state index in [0.29, 0.717) is 12.3 Å². The molecular weight excluding hydrogens is 372 g/mol. The summed E-state index contributed by atoms with van der Waals surface area (Å²) >= 11 is 6.09. The lowest BCUT2D eigenvalue weighted by atomic mass is 9.71. The van der Waals surface area contributed by atoms with Gasteiger partial charge in [0, 0.05) is 18.2 Å². The summed E-state index contributed by atoms with van der Waals surface area (Å²) in [7, 11) is 0. The second-order valence-electron chi connectivity index (χ2n) is 9.06. The van der Waals surface area contributed by atoms with E-state index in [1.54, 1.807) is 0 Å². The number of piperidine rings is 1. The summed E-state index contributed by atoms with van der Waals surface area (Å²) in [6.07, 6.45) is 8.32. The van der Waals surface area contributed by atoms with Crippen LogP contribution in [0.2, 0.25) is 5.02 Å². The second kappa shape index (κ2) is 8.73. The average molecular weight is 405 g/mol. The first-order valence-electron chi connectivity index (χ1n) is 11.0. The number of halogens is 1. The first-order chi connectivity index (χ1) is 13.6. The minimum absolute atomic E-state index is 0.0919. The number of hydrogen-bond acceptors (Lipinski definition) is 3. The Bertz CT molecular complexity index is 670. The zero-order valence-electron chi connectivity index (χ0n) is 16.8. The minimum atomic E-state index is -0.394. The van der Waals surface area contributed by atoms with Gasteiger partial charge in [0.2, 0.25) is 5.91 Å². The Morgan fingerprint density at radius 3 is 2.43 bits per heavy atom. The van der Waals surface area contributed by atoms with Gasteiger partial charge in [-0.05, 0) is 94.6 Å². The summed E-state index contributed by atoms with van der Waals surface area (Å²) in [5.74, 6) is 0.932. The number of carbonyl (C=O) groups excluding carboxylic acids is 1. The van der Waals surface area contributed by atoms with Crippen molar-refractivity contribution in [2.45, 2.75) is 57.4 Å². The molecule has 2 heterocycles. The van der Waals surface area contributed by atoms with Crippen molar-refractivity contribution in [3.05, 3.63) is 34.9 Å². The van der Waals surface area contributed by atoms with E-state index in [2.05, 4.69) is 21.9 Å². The number of likely N-dealkylation sites (tertiary alicyclic amines) is 2. The highest BCUT2D eigenvalue weighted by Gasteiger charge is 2.48. The summed E-state index contributed by atoms with van der Waals surface area (Å²) in [4.78, 5) is 18.5. The van der Waals surface area contributed by atoms with E-state index in [1.807, 2.05) is 12.1 Å². The molecule has 0 radical (unpaired) electrons. The molecule has 2 aliphatic heterocycles. The molecule has 3 fully saturated rings. The van der Waals surface area contributed by atoms with Crippen molar-refractivity contribution < 1.29 is 9.90 Å². The van der Waals surface area contributed by atoms with E-state index in [0.717, 1.165) is 50.5 Å². The van der Waals surface area contributed by atoms with Crippen LogP contribution in [0.4, 0.5) is 0 Å². The molecule has 0 aromatic heterocycles. The van der Waals surface area contributed by atoms with Gasteiger partial charge < -0.3 is 14.9 Å². The fourth-order valence-electron chi connectivity index (χ4n) is 5.12. The molecule has 1 amide bonds. The van der Waals surface area contributed by atoms with E-state index < -0.39 is 5.41 Å². The second-order valence-corrected chi connectivity index (χ2v) is 9.50. The maximum atomic E-state index is 13.8. The largest absolute Gasteiger partial charge is 0.396 e. The molecule has 1 aromatic carbocycles. The van der Waals surface area contributed by atoms with Crippen LogP contribution in [0.3, 0.4) is 0 Å². The van der Waals surface area contributed by atoms with E-state index >= 15 is 0 Å². The number of hydrogen-bond donors (Lipinski definition) is 1. The summed E-state index contributed by atoms with van der Waals surface area (Å²) in [5, 5.41) is 10.5. The number of rotatable bonds is 8. The van der Waals surface area contributed by atoms with Crippen LogP contribution in [0, 0.1) is 11.3 Å². The monoisotopic (exact) mass is 404 g/mol. The molecule has 4 rings (SSSR count). The van der Waals surface area contributed by atoms with Crippen LogP contribution >= 0.6 is 11.6 Å². The van der Waals surface area contributed by atoms with Crippen LogP contribution in [0.25, 0.3) is 0 Å². The van der Waals surface area contributed by atoms with Crippen LogP contribution in [-0.4, -0.2) is 53.6 Å². The van der Waals surface area contributed by atoms with Gasteiger partial charge in [-0.3, -0.25) is 4.79 Å². The van der Waals surface area contributed by atoms with Gasteiger partial charge in [0.1, 0.15) is 0 Å². The molecule has 0 spiro atoms. The van der Waals surface area contributed by atoms with Crippen molar-refractivity contribution in [2.24, 2.45) is 11.3 Å². The van der Waals surface area contributed by atoms with Crippen molar-refractivity contribution in [2.75, 3.05) is 32.8 Å². The highest BCUT2D eigenvalue weighted by atomic mass is 35.5. The first-order valence-corrected chi connectivity index (χ1v) is 11.4. The Kier molecular flexibility index (Phi) is 6.29. The molecule has 4 nitrogen and oxygen atoms in total. The number of aliphatic hydroxyl groups excluding tert-OH is 1. The quantitative estimate of drug-likeness (QED) is 0.703. The smallest absolute Gasteiger partial charge is 0.229 e. The maximum Gasteiger partial charge on any atom is 0.229 e. The maximum absolute atomic E-state index is 13.8. The lowest BCUT2D eigenvalue weighted by molar-refractivity contribution is -0.153. The average Bonchev–Trinajstić information content (AvgIpc) is 3.36. The van der Waals surface area contributed by atoms with Gasteiger partial charge in [-0.15, -0.1) is 0 Å². The lowest BCUT2D eigenvalue weighted by Crippen LogP contribution is -2.52. The Labute approximate surface area is 173 Å². The van der Waals surface area contributed by atoms with E-state index in [4.69, 9.17) is 11.6 Å². The number of amides is 1. The van der Waals surface area contributed by atoms with Crippen molar-refractivity contribution in [1.29, 1.82) is 0 Å². The van der Waals surface area contributed by atoms with Gasteiger partial charge >= 0.3 is 0 Å². The Morgan fingerprint density at radius 1 is 1.07 bits per heavy atom. The van der Waals surface area contributed by atoms with E-state index in [9.17, 15) is 9.90 Å². The van der Waals surface area contributed by atoms with Gasteiger partial charge in [-0.25, -0.2) is 0 Å². The van der Waals surface area contributed by atoms with Crippen LogP contribution in [0.15, 0.2) is 24.3 Å². The molecule has 1 aromatic rings. The minimum Gasteiger partial charge on any atom is -0.396 e. The summed E-state index contributed by atoms with van der Waals surface area (Å²) in [6.45, 7) is 4.25. The molecule has 154 valence electrons. The first kappa shape index (κ1) is 20.2.